The molecule has 0 aliphatic rings. The zero-order valence-corrected chi connectivity index (χ0v) is 11.7. The topological polar surface area (TPSA) is 38.0 Å². The van der Waals surface area contributed by atoms with E-state index in [1.54, 1.807) is 30.3 Å². The van der Waals surface area contributed by atoms with E-state index in [-0.39, 0.29) is 6.54 Å². The number of benzene rings is 2. The zero-order chi connectivity index (χ0) is 15.5. The van der Waals surface area contributed by atoms with Crippen LogP contribution in [0.3, 0.4) is 0 Å². The van der Waals surface area contributed by atoms with Gasteiger partial charge in [0.15, 0.2) is 0 Å². The summed E-state index contributed by atoms with van der Waals surface area (Å²) in [4.78, 5) is 0. The van der Waals surface area contributed by atoms with Gasteiger partial charge in [0, 0.05) is 17.3 Å². The van der Waals surface area contributed by atoms with E-state index >= 15 is 0 Å². The quantitative estimate of drug-likeness (QED) is 0.873. The van der Waals surface area contributed by atoms with Crippen molar-refractivity contribution in [2.45, 2.75) is 12.2 Å². The molecule has 0 fully saturated rings. The van der Waals surface area contributed by atoms with E-state index in [1.165, 1.54) is 6.07 Å². The summed E-state index contributed by atoms with van der Waals surface area (Å²) in [6.07, 6.45) is -4.37. The van der Waals surface area contributed by atoms with Crippen LogP contribution in [0.5, 0.6) is 0 Å². The van der Waals surface area contributed by atoms with Gasteiger partial charge in [-0.05, 0) is 35.9 Å². The number of halogens is 4. The smallest absolute Gasteiger partial charge is 0.377 e. The Kier molecular flexibility index (Phi) is 4.75. The third-order valence-corrected chi connectivity index (χ3v) is 3.25. The number of hydrogen-bond donors (Lipinski definition) is 2. The second-order valence-corrected chi connectivity index (χ2v) is 5.00. The largest absolute Gasteiger partial charge is 0.416 e. The lowest BCUT2D eigenvalue weighted by molar-refractivity contribution is -0.137. The van der Waals surface area contributed by atoms with Crippen molar-refractivity contribution in [3.05, 3.63) is 64.7 Å². The first-order valence-electron chi connectivity index (χ1n) is 6.29. The molecule has 1 unspecified atom stereocenters. The van der Waals surface area contributed by atoms with Gasteiger partial charge in [0.2, 0.25) is 0 Å². The van der Waals surface area contributed by atoms with E-state index in [1.807, 2.05) is 0 Å². The lowest BCUT2D eigenvalue weighted by atomic mass is 10.0. The van der Waals surface area contributed by atoms with Crippen LogP contribution >= 0.6 is 11.6 Å². The standard InChI is InChI=1S/C15H14ClF3N2/c16-12-5-2-6-13(8-12)21-14(9-20)10-3-1-4-11(7-10)15(17,18)19/h1-8,14,21H,9,20H2. The average molecular weight is 315 g/mol. The lowest BCUT2D eigenvalue weighted by Crippen LogP contribution is -2.21. The van der Waals surface area contributed by atoms with E-state index in [0.29, 0.717) is 16.3 Å². The van der Waals surface area contributed by atoms with Crippen LogP contribution in [0.15, 0.2) is 48.5 Å². The van der Waals surface area contributed by atoms with Gasteiger partial charge in [0.05, 0.1) is 11.6 Å². The maximum absolute atomic E-state index is 12.7. The fourth-order valence-corrected chi connectivity index (χ4v) is 2.18. The van der Waals surface area contributed by atoms with Crippen LogP contribution in [0.2, 0.25) is 5.02 Å². The molecule has 0 bridgehead atoms. The molecular weight excluding hydrogens is 301 g/mol. The van der Waals surface area contributed by atoms with Crippen LogP contribution in [-0.2, 0) is 6.18 Å². The molecule has 112 valence electrons. The molecule has 0 aliphatic heterocycles. The second kappa shape index (κ2) is 6.37. The highest BCUT2D eigenvalue weighted by Gasteiger charge is 2.30. The van der Waals surface area contributed by atoms with Gasteiger partial charge in [0.25, 0.3) is 0 Å². The van der Waals surface area contributed by atoms with Crippen molar-refractivity contribution in [3.8, 4) is 0 Å². The van der Waals surface area contributed by atoms with Gasteiger partial charge in [-0.1, -0.05) is 29.8 Å². The summed E-state index contributed by atoms with van der Waals surface area (Å²) in [5.41, 5.74) is 6.17. The average Bonchev–Trinajstić information content (AvgIpc) is 2.44. The van der Waals surface area contributed by atoms with Gasteiger partial charge in [-0.25, -0.2) is 0 Å². The Hall–Kier alpha value is -1.72. The van der Waals surface area contributed by atoms with Crippen molar-refractivity contribution in [2.24, 2.45) is 5.73 Å². The highest BCUT2D eigenvalue weighted by Crippen LogP contribution is 2.31. The lowest BCUT2D eigenvalue weighted by Gasteiger charge is -2.20. The van der Waals surface area contributed by atoms with Gasteiger partial charge in [0.1, 0.15) is 0 Å². The molecule has 0 heterocycles. The van der Waals surface area contributed by atoms with Gasteiger partial charge in [-0.15, -0.1) is 0 Å². The molecule has 0 saturated heterocycles. The molecule has 2 nitrogen and oxygen atoms in total. The summed E-state index contributed by atoms with van der Waals surface area (Å²) in [5, 5.41) is 3.63. The minimum Gasteiger partial charge on any atom is -0.377 e. The Morgan fingerprint density at radius 3 is 2.43 bits per heavy atom. The molecule has 0 amide bonds. The van der Waals surface area contributed by atoms with E-state index in [9.17, 15) is 13.2 Å². The molecule has 2 aromatic carbocycles. The molecule has 6 heteroatoms. The van der Waals surface area contributed by atoms with Crippen LogP contribution in [0.1, 0.15) is 17.2 Å². The molecule has 0 saturated carbocycles. The van der Waals surface area contributed by atoms with Crippen molar-refractivity contribution in [2.75, 3.05) is 11.9 Å². The number of nitrogens with one attached hydrogen (secondary N) is 1. The molecule has 2 rings (SSSR count). The Morgan fingerprint density at radius 2 is 1.81 bits per heavy atom. The molecule has 1 atom stereocenters. The monoisotopic (exact) mass is 314 g/mol. The maximum atomic E-state index is 12.7. The van der Waals surface area contributed by atoms with E-state index < -0.39 is 17.8 Å². The predicted octanol–water partition coefficient (Wildman–Crippen LogP) is 4.47. The highest BCUT2D eigenvalue weighted by molar-refractivity contribution is 6.30. The fraction of sp³-hybridized carbons (Fsp3) is 0.200. The third kappa shape index (κ3) is 4.12. The van der Waals surface area contributed by atoms with E-state index in [4.69, 9.17) is 17.3 Å². The normalized spacial score (nSPS) is 13.0. The van der Waals surface area contributed by atoms with Gasteiger partial charge >= 0.3 is 6.18 Å². The number of alkyl halides is 3. The van der Waals surface area contributed by atoms with Crippen molar-refractivity contribution in [1.82, 2.24) is 0 Å². The van der Waals surface area contributed by atoms with E-state index in [2.05, 4.69) is 5.32 Å². The summed E-state index contributed by atoms with van der Waals surface area (Å²) in [5.74, 6) is 0. The zero-order valence-electron chi connectivity index (χ0n) is 11.0. The Balaban J connectivity index is 2.25. The van der Waals surface area contributed by atoms with Crippen LogP contribution in [0.4, 0.5) is 18.9 Å². The Bertz CT molecular complexity index is 614. The number of hydrogen-bond acceptors (Lipinski definition) is 2. The van der Waals surface area contributed by atoms with Gasteiger partial charge in [-0.2, -0.15) is 13.2 Å². The molecule has 21 heavy (non-hydrogen) atoms. The molecule has 0 aromatic heterocycles. The first kappa shape index (κ1) is 15.7. The Morgan fingerprint density at radius 1 is 1.10 bits per heavy atom. The maximum Gasteiger partial charge on any atom is 0.416 e. The minimum absolute atomic E-state index is 0.161. The summed E-state index contributed by atoms with van der Waals surface area (Å²) in [7, 11) is 0. The van der Waals surface area contributed by atoms with Crippen molar-refractivity contribution in [3.63, 3.8) is 0 Å². The van der Waals surface area contributed by atoms with E-state index in [0.717, 1.165) is 12.1 Å². The molecular formula is C15H14ClF3N2. The van der Waals surface area contributed by atoms with Crippen LogP contribution in [0.25, 0.3) is 0 Å². The van der Waals surface area contributed by atoms with Crippen LogP contribution < -0.4 is 11.1 Å². The first-order chi connectivity index (χ1) is 9.90. The van der Waals surface area contributed by atoms with Crippen LogP contribution in [-0.4, -0.2) is 6.54 Å². The molecule has 3 N–H and O–H groups in total. The molecule has 0 radical (unpaired) electrons. The fourth-order valence-electron chi connectivity index (χ4n) is 1.99. The first-order valence-corrected chi connectivity index (χ1v) is 6.67. The molecule has 0 spiro atoms. The van der Waals surface area contributed by atoms with Gasteiger partial charge < -0.3 is 11.1 Å². The van der Waals surface area contributed by atoms with Crippen molar-refractivity contribution >= 4 is 17.3 Å². The van der Waals surface area contributed by atoms with Crippen molar-refractivity contribution in [1.29, 1.82) is 0 Å². The summed E-state index contributed by atoms with van der Waals surface area (Å²) < 4.78 is 38.2. The minimum atomic E-state index is -4.37. The number of nitrogens with two attached hydrogens (primary N) is 1. The summed E-state index contributed by atoms with van der Waals surface area (Å²) >= 11 is 5.88. The second-order valence-electron chi connectivity index (χ2n) is 4.57. The summed E-state index contributed by atoms with van der Waals surface area (Å²) in [6.45, 7) is 0.161. The number of anilines is 1. The third-order valence-electron chi connectivity index (χ3n) is 3.02. The summed E-state index contributed by atoms with van der Waals surface area (Å²) in [6, 6.07) is 11.7. The number of rotatable bonds is 4. The molecule has 0 aliphatic carbocycles. The molecule has 2 aromatic rings. The highest BCUT2D eigenvalue weighted by atomic mass is 35.5. The van der Waals surface area contributed by atoms with Crippen molar-refractivity contribution < 1.29 is 13.2 Å². The van der Waals surface area contributed by atoms with Crippen LogP contribution in [0, 0.1) is 0 Å². The SMILES string of the molecule is NCC(Nc1cccc(Cl)c1)c1cccc(C(F)(F)F)c1. The Labute approximate surface area is 125 Å². The predicted molar refractivity (Wildman–Crippen MR) is 78.3 cm³/mol. The van der Waals surface area contributed by atoms with Gasteiger partial charge in [-0.3, -0.25) is 0 Å².